The van der Waals surface area contributed by atoms with Crippen LogP contribution in [0.15, 0.2) is 66.0 Å². The summed E-state index contributed by atoms with van der Waals surface area (Å²) in [7, 11) is 0. The molecule has 0 saturated carbocycles. The van der Waals surface area contributed by atoms with E-state index >= 15 is 0 Å². The highest BCUT2D eigenvalue weighted by Crippen LogP contribution is 2.39. The minimum absolute atomic E-state index is 0.00717. The Morgan fingerprint density at radius 1 is 1.08 bits per heavy atom. The van der Waals surface area contributed by atoms with E-state index in [4.69, 9.17) is 17.3 Å². The predicted octanol–water partition coefficient (Wildman–Crippen LogP) is 5.25. The molecule has 0 aliphatic carbocycles. The van der Waals surface area contributed by atoms with E-state index in [2.05, 4.69) is 21.7 Å². The average Bonchev–Trinajstić information content (AvgIpc) is 3.40. The minimum Gasteiger partial charge on any atom is -0.507 e. The van der Waals surface area contributed by atoms with E-state index in [1.165, 1.54) is 17.4 Å². The Kier molecular flexibility index (Phi) is 7.31. The number of carbonyl (C=O) groups excluding carboxylic acids is 2. The van der Waals surface area contributed by atoms with Gasteiger partial charge in [0.25, 0.3) is 5.91 Å². The number of amides is 2. The number of nitrogens with zero attached hydrogens (tertiary/aromatic N) is 2. The zero-order valence-corrected chi connectivity index (χ0v) is 20.5. The van der Waals surface area contributed by atoms with Crippen LogP contribution in [0.25, 0.3) is 22.4 Å². The van der Waals surface area contributed by atoms with Crippen molar-refractivity contribution in [3.63, 3.8) is 0 Å². The largest absolute Gasteiger partial charge is 0.507 e. The Hall–Kier alpha value is -4.23. The molecule has 2 heterocycles. The fourth-order valence-corrected chi connectivity index (χ4v) is 4.27. The molecule has 10 heteroatoms. The van der Waals surface area contributed by atoms with E-state index < -0.39 is 17.9 Å². The third kappa shape index (κ3) is 5.21. The monoisotopic (exact) mass is 517 g/mol. The molecule has 5 N–H and O–H groups in total. The summed E-state index contributed by atoms with van der Waals surface area (Å²) in [5.74, 6) is -0.844. The van der Waals surface area contributed by atoms with E-state index in [1.54, 1.807) is 66.9 Å². The van der Waals surface area contributed by atoms with Crippen molar-refractivity contribution in [1.82, 2.24) is 4.98 Å². The van der Waals surface area contributed by atoms with E-state index in [1.807, 2.05) is 0 Å². The highest BCUT2D eigenvalue weighted by molar-refractivity contribution is 7.12. The van der Waals surface area contributed by atoms with Crippen LogP contribution in [-0.4, -0.2) is 27.9 Å². The summed E-state index contributed by atoms with van der Waals surface area (Å²) >= 11 is 7.77. The molecular formula is C26H20ClN5O3S. The fourth-order valence-electron chi connectivity index (χ4n) is 3.43. The van der Waals surface area contributed by atoms with Gasteiger partial charge in [-0.15, -0.1) is 11.3 Å². The quantitative estimate of drug-likeness (QED) is 0.275. The van der Waals surface area contributed by atoms with Gasteiger partial charge >= 0.3 is 0 Å². The lowest BCUT2D eigenvalue weighted by Gasteiger charge is -2.16. The van der Waals surface area contributed by atoms with Crippen molar-refractivity contribution in [2.24, 2.45) is 5.73 Å². The summed E-state index contributed by atoms with van der Waals surface area (Å²) in [5, 5.41) is 28.0. The van der Waals surface area contributed by atoms with Gasteiger partial charge in [0.15, 0.2) is 5.82 Å². The summed E-state index contributed by atoms with van der Waals surface area (Å²) < 4.78 is 0. The van der Waals surface area contributed by atoms with Crippen molar-refractivity contribution in [3.05, 3.63) is 81.5 Å². The molecule has 4 rings (SSSR count). The van der Waals surface area contributed by atoms with Gasteiger partial charge in [0, 0.05) is 27.4 Å². The second-order valence-corrected chi connectivity index (χ2v) is 9.17. The topological polar surface area (TPSA) is 141 Å². The summed E-state index contributed by atoms with van der Waals surface area (Å²) in [4.78, 5) is 29.9. The third-order valence-electron chi connectivity index (χ3n) is 5.23. The second-order valence-electron chi connectivity index (χ2n) is 7.81. The second kappa shape index (κ2) is 10.6. The maximum absolute atomic E-state index is 12.8. The fraction of sp³-hybridized carbons (Fsp3) is 0.0769. The van der Waals surface area contributed by atoms with Crippen molar-refractivity contribution < 1.29 is 14.7 Å². The Balaban J connectivity index is 1.91. The Bertz CT molecular complexity index is 1500. The number of pyridine rings is 1. The van der Waals surface area contributed by atoms with Gasteiger partial charge in [0.1, 0.15) is 17.4 Å². The molecule has 2 aromatic carbocycles. The number of phenolic OH excluding ortho intramolecular Hbond substituents is 1. The number of nitrogens with two attached hydrogens (primary N) is 1. The van der Waals surface area contributed by atoms with Crippen molar-refractivity contribution >= 4 is 46.3 Å². The van der Waals surface area contributed by atoms with Crippen LogP contribution in [0.3, 0.4) is 0 Å². The number of anilines is 2. The lowest BCUT2D eigenvalue weighted by atomic mass is 9.97. The van der Waals surface area contributed by atoms with Gasteiger partial charge in [-0.05, 0) is 54.8 Å². The third-order valence-corrected chi connectivity index (χ3v) is 6.42. The van der Waals surface area contributed by atoms with Gasteiger partial charge in [0.2, 0.25) is 5.91 Å². The average molecular weight is 518 g/mol. The summed E-state index contributed by atoms with van der Waals surface area (Å²) in [6.45, 7) is 1.56. The number of halogens is 1. The number of rotatable bonds is 6. The van der Waals surface area contributed by atoms with Crippen molar-refractivity contribution in [3.8, 4) is 34.2 Å². The van der Waals surface area contributed by atoms with Crippen molar-refractivity contribution in [1.29, 1.82) is 5.26 Å². The van der Waals surface area contributed by atoms with Gasteiger partial charge in [-0.25, -0.2) is 4.98 Å². The number of hydrogen-bond acceptors (Lipinski definition) is 7. The van der Waals surface area contributed by atoms with E-state index in [-0.39, 0.29) is 17.1 Å². The minimum atomic E-state index is -0.730. The van der Waals surface area contributed by atoms with Crippen LogP contribution in [-0.2, 0) is 4.79 Å². The number of hydrogen-bond donors (Lipinski definition) is 4. The number of carbonyl (C=O) groups is 2. The van der Waals surface area contributed by atoms with Gasteiger partial charge in [-0.1, -0.05) is 29.8 Å². The van der Waals surface area contributed by atoms with Gasteiger partial charge in [-0.3, -0.25) is 9.59 Å². The molecule has 8 nitrogen and oxygen atoms in total. The normalized spacial score (nSPS) is 11.4. The van der Waals surface area contributed by atoms with Crippen molar-refractivity contribution in [2.75, 3.05) is 10.6 Å². The summed E-state index contributed by atoms with van der Waals surface area (Å²) in [5.41, 5.74) is 7.63. The van der Waals surface area contributed by atoms with E-state index in [0.29, 0.717) is 38.0 Å². The molecule has 1 unspecified atom stereocenters. The molecule has 2 amide bonds. The lowest BCUT2D eigenvalue weighted by Crippen LogP contribution is -2.32. The Morgan fingerprint density at radius 2 is 1.86 bits per heavy atom. The van der Waals surface area contributed by atoms with Crippen molar-refractivity contribution in [2.45, 2.75) is 13.0 Å². The first-order chi connectivity index (χ1) is 17.3. The first-order valence-corrected chi connectivity index (χ1v) is 12.0. The van der Waals surface area contributed by atoms with Crippen LogP contribution in [0.4, 0.5) is 11.5 Å². The number of para-hydroxylation sites is 1. The maximum Gasteiger partial charge on any atom is 0.266 e. The number of phenols is 1. The Morgan fingerprint density at radius 3 is 2.53 bits per heavy atom. The molecule has 0 bridgehead atoms. The molecule has 0 aliphatic rings. The van der Waals surface area contributed by atoms with E-state index in [0.717, 1.165) is 0 Å². The number of aromatic hydroxyl groups is 1. The molecule has 0 radical (unpaired) electrons. The zero-order chi connectivity index (χ0) is 25.8. The molecule has 2 aromatic heterocycles. The SMILES string of the molecule is CC(N)C(=O)Nc1ccc(Cl)c(-c2cc(-c3ccccc3O)nc(NC(=O)c3cccs3)c2C#N)c1. The zero-order valence-electron chi connectivity index (χ0n) is 18.9. The van der Waals surface area contributed by atoms with Crippen LogP contribution in [0.2, 0.25) is 5.02 Å². The highest BCUT2D eigenvalue weighted by atomic mass is 35.5. The first kappa shape index (κ1) is 24.9. The van der Waals surface area contributed by atoms with E-state index in [9.17, 15) is 20.0 Å². The van der Waals surface area contributed by atoms with Crippen LogP contribution in [0.5, 0.6) is 5.75 Å². The Labute approximate surface area is 216 Å². The number of nitrogens with one attached hydrogen (secondary N) is 2. The number of thiophene rings is 1. The van der Waals surface area contributed by atoms with Gasteiger partial charge in [0.05, 0.1) is 16.6 Å². The molecule has 36 heavy (non-hydrogen) atoms. The molecular weight excluding hydrogens is 498 g/mol. The number of aromatic nitrogens is 1. The molecule has 0 saturated heterocycles. The summed E-state index contributed by atoms with van der Waals surface area (Å²) in [6, 6.07) is 17.8. The van der Waals surface area contributed by atoms with Crippen LogP contribution in [0.1, 0.15) is 22.2 Å². The van der Waals surface area contributed by atoms with Crippen LogP contribution >= 0.6 is 22.9 Å². The van der Waals surface area contributed by atoms with Crippen LogP contribution < -0.4 is 16.4 Å². The molecule has 0 fully saturated rings. The van der Waals surface area contributed by atoms with Gasteiger partial charge in [-0.2, -0.15) is 5.26 Å². The predicted molar refractivity (Wildman–Crippen MR) is 141 cm³/mol. The lowest BCUT2D eigenvalue weighted by molar-refractivity contribution is -0.117. The standard InChI is InChI=1S/C26H20ClN5O3S/c1-14(29)25(34)30-15-8-9-20(27)18(11-15)17-12-21(16-5-2-3-6-22(16)33)31-24(19(17)13-28)32-26(35)23-7-4-10-36-23/h2-12,14,33H,29H2,1H3,(H,30,34)(H,31,32,35). The maximum atomic E-state index is 12.8. The smallest absolute Gasteiger partial charge is 0.266 e. The molecule has 180 valence electrons. The first-order valence-electron chi connectivity index (χ1n) is 10.7. The van der Waals surface area contributed by atoms with Crippen LogP contribution in [0, 0.1) is 11.3 Å². The summed E-state index contributed by atoms with van der Waals surface area (Å²) in [6.07, 6.45) is 0. The number of nitriles is 1. The molecule has 1 atom stereocenters. The molecule has 4 aromatic rings. The highest BCUT2D eigenvalue weighted by Gasteiger charge is 2.21. The van der Waals surface area contributed by atoms with Gasteiger partial charge < -0.3 is 21.5 Å². The molecule has 0 aliphatic heterocycles. The number of benzene rings is 2. The molecule has 0 spiro atoms.